The molecule has 2 nitrogen and oxygen atoms in total. The van der Waals surface area contributed by atoms with Crippen LogP contribution in [0, 0.1) is 17.2 Å². The third-order valence-electron chi connectivity index (χ3n) is 3.41. The molecule has 1 unspecified atom stereocenters. The molecule has 0 aliphatic rings. The Morgan fingerprint density at radius 2 is 1.79 bits per heavy atom. The quantitative estimate of drug-likeness (QED) is 0.789. The number of aliphatic hydroxyl groups excluding tert-OH is 1. The number of nitrogens with zero attached hydrogens (tertiary/aromatic N) is 1. The lowest BCUT2D eigenvalue weighted by Crippen LogP contribution is -2.31. The van der Waals surface area contributed by atoms with E-state index in [1.54, 1.807) is 12.1 Å². The molecule has 0 amide bonds. The van der Waals surface area contributed by atoms with Crippen LogP contribution in [0.25, 0.3) is 0 Å². The van der Waals surface area contributed by atoms with Gasteiger partial charge in [0.1, 0.15) is 0 Å². The molecule has 0 saturated heterocycles. The Kier molecular flexibility index (Phi) is 5.95. The molecule has 0 fully saturated rings. The number of rotatable bonds is 5. The molecular formula is C14H16Cl3NO. The van der Waals surface area contributed by atoms with Crippen molar-refractivity contribution in [2.24, 2.45) is 5.92 Å². The molecule has 1 rings (SSSR count). The Hall–Kier alpha value is -0.460. The molecule has 0 saturated carbocycles. The average molecular weight is 321 g/mol. The zero-order chi connectivity index (χ0) is 14.6. The second-order valence-electron chi connectivity index (χ2n) is 4.82. The summed E-state index contributed by atoms with van der Waals surface area (Å²) in [7, 11) is 0. The van der Waals surface area contributed by atoms with Gasteiger partial charge in [0, 0.05) is 6.61 Å². The molecule has 1 aromatic carbocycles. The van der Waals surface area contributed by atoms with E-state index >= 15 is 0 Å². The van der Waals surface area contributed by atoms with E-state index in [4.69, 9.17) is 39.9 Å². The van der Waals surface area contributed by atoms with Crippen LogP contribution in [0.15, 0.2) is 12.1 Å². The molecule has 0 aliphatic carbocycles. The zero-order valence-corrected chi connectivity index (χ0v) is 13.1. The molecular weight excluding hydrogens is 305 g/mol. The monoisotopic (exact) mass is 319 g/mol. The zero-order valence-electron chi connectivity index (χ0n) is 10.9. The van der Waals surface area contributed by atoms with E-state index in [1.165, 1.54) is 0 Å². The van der Waals surface area contributed by atoms with E-state index in [9.17, 15) is 5.26 Å². The second kappa shape index (κ2) is 6.81. The normalized spacial score (nSPS) is 14.2. The molecule has 0 heterocycles. The fourth-order valence-electron chi connectivity index (χ4n) is 2.19. The molecule has 1 N–H and O–H groups in total. The van der Waals surface area contributed by atoms with Crippen molar-refractivity contribution < 1.29 is 5.11 Å². The first-order valence-electron chi connectivity index (χ1n) is 6.06. The molecule has 104 valence electrons. The Balaban J connectivity index is 3.37. The van der Waals surface area contributed by atoms with E-state index in [-0.39, 0.29) is 12.5 Å². The van der Waals surface area contributed by atoms with Crippen LogP contribution in [0.5, 0.6) is 0 Å². The lowest BCUT2D eigenvalue weighted by atomic mass is 9.70. The largest absolute Gasteiger partial charge is 0.396 e. The van der Waals surface area contributed by atoms with Crippen LogP contribution in [-0.2, 0) is 5.41 Å². The fraction of sp³-hybridized carbons (Fsp3) is 0.500. The van der Waals surface area contributed by atoms with Crippen LogP contribution < -0.4 is 0 Å². The average Bonchev–Trinajstić information content (AvgIpc) is 2.36. The van der Waals surface area contributed by atoms with E-state index in [2.05, 4.69) is 6.07 Å². The number of benzene rings is 1. The topological polar surface area (TPSA) is 44.0 Å². The first kappa shape index (κ1) is 16.6. The summed E-state index contributed by atoms with van der Waals surface area (Å²) in [6, 6.07) is 5.75. The maximum atomic E-state index is 9.63. The van der Waals surface area contributed by atoms with E-state index < -0.39 is 5.41 Å². The summed E-state index contributed by atoms with van der Waals surface area (Å²) in [5.41, 5.74) is 0.0264. The van der Waals surface area contributed by atoms with Crippen LogP contribution in [0.4, 0.5) is 0 Å². The Morgan fingerprint density at radius 1 is 1.26 bits per heavy atom. The van der Waals surface area contributed by atoms with Gasteiger partial charge in [0.05, 0.1) is 26.6 Å². The van der Waals surface area contributed by atoms with Crippen molar-refractivity contribution in [1.82, 2.24) is 0 Å². The summed E-state index contributed by atoms with van der Waals surface area (Å²) in [4.78, 5) is 0. The maximum absolute atomic E-state index is 9.63. The molecule has 0 radical (unpaired) electrons. The first-order valence-corrected chi connectivity index (χ1v) is 7.19. The van der Waals surface area contributed by atoms with Gasteiger partial charge in [-0.25, -0.2) is 0 Å². The lowest BCUT2D eigenvalue weighted by Gasteiger charge is -2.31. The van der Waals surface area contributed by atoms with Crippen molar-refractivity contribution >= 4 is 34.8 Å². The van der Waals surface area contributed by atoms with Crippen molar-refractivity contribution in [3.8, 4) is 6.07 Å². The summed E-state index contributed by atoms with van der Waals surface area (Å²) in [6.07, 6.45) is 1.09. The highest BCUT2D eigenvalue weighted by Gasteiger charge is 2.36. The van der Waals surface area contributed by atoms with E-state index in [0.29, 0.717) is 27.9 Å². The highest BCUT2D eigenvalue weighted by Crippen LogP contribution is 2.41. The Bertz CT molecular complexity index is 473. The molecule has 0 aromatic heterocycles. The predicted octanol–water partition coefficient (Wildman–Crippen LogP) is 4.84. The van der Waals surface area contributed by atoms with Gasteiger partial charge in [-0.05, 0) is 36.5 Å². The number of nitriles is 1. The fourth-order valence-corrected chi connectivity index (χ4v) is 2.78. The van der Waals surface area contributed by atoms with Gasteiger partial charge in [-0.2, -0.15) is 5.26 Å². The lowest BCUT2D eigenvalue weighted by molar-refractivity contribution is 0.257. The Morgan fingerprint density at radius 3 is 2.16 bits per heavy atom. The van der Waals surface area contributed by atoms with Crippen molar-refractivity contribution in [2.45, 2.75) is 32.1 Å². The van der Waals surface area contributed by atoms with Crippen molar-refractivity contribution in [3.63, 3.8) is 0 Å². The second-order valence-corrected chi connectivity index (χ2v) is 6.01. The molecule has 1 aromatic rings. The van der Waals surface area contributed by atoms with Gasteiger partial charge in [-0.1, -0.05) is 48.7 Å². The number of hydrogen-bond donors (Lipinski definition) is 1. The van der Waals surface area contributed by atoms with Gasteiger partial charge in [0.25, 0.3) is 0 Å². The molecule has 0 spiro atoms. The SMILES string of the molecule is CC(C)C(C#N)(CCCO)c1cc(Cl)c(Cl)c(Cl)c1. The Labute approximate surface area is 128 Å². The van der Waals surface area contributed by atoms with Crippen LogP contribution in [0.2, 0.25) is 15.1 Å². The highest BCUT2D eigenvalue weighted by molar-refractivity contribution is 6.48. The van der Waals surface area contributed by atoms with Crippen LogP contribution in [-0.4, -0.2) is 11.7 Å². The van der Waals surface area contributed by atoms with Gasteiger partial charge < -0.3 is 5.11 Å². The molecule has 19 heavy (non-hydrogen) atoms. The van der Waals surface area contributed by atoms with Crippen LogP contribution in [0.1, 0.15) is 32.3 Å². The summed E-state index contributed by atoms with van der Waals surface area (Å²) in [5, 5.41) is 19.6. The summed E-state index contributed by atoms with van der Waals surface area (Å²) < 4.78 is 0. The van der Waals surface area contributed by atoms with E-state index in [1.807, 2.05) is 13.8 Å². The minimum atomic E-state index is -0.722. The third kappa shape index (κ3) is 3.35. The minimum absolute atomic E-state index is 0.0468. The molecule has 0 aliphatic heterocycles. The number of halogens is 3. The van der Waals surface area contributed by atoms with E-state index in [0.717, 1.165) is 5.56 Å². The minimum Gasteiger partial charge on any atom is -0.396 e. The number of hydrogen-bond acceptors (Lipinski definition) is 2. The van der Waals surface area contributed by atoms with Crippen molar-refractivity contribution in [1.29, 1.82) is 5.26 Å². The van der Waals surface area contributed by atoms with Gasteiger partial charge in [0.2, 0.25) is 0 Å². The van der Waals surface area contributed by atoms with Crippen molar-refractivity contribution in [2.75, 3.05) is 6.61 Å². The van der Waals surface area contributed by atoms with Gasteiger partial charge in [0.15, 0.2) is 0 Å². The standard InChI is InChI=1S/C14H16Cl3NO/c1-9(2)14(8-18,4-3-5-19)10-6-11(15)13(17)12(16)7-10/h6-7,9,19H,3-5H2,1-2H3. The molecule has 0 bridgehead atoms. The van der Waals surface area contributed by atoms with Crippen molar-refractivity contribution in [3.05, 3.63) is 32.8 Å². The smallest absolute Gasteiger partial charge is 0.0847 e. The van der Waals surface area contributed by atoms with Crippen LogP contribution >= 0.6 is 34.8 Å². The summed E-state index contributed by atoms with van der Waals surface area (Å²) in [5.74, 6) is 0.0670. The van der Waals surface area contributed by atoms with Gasteiger partial charge in [-0.15, -0.1) is 0 Å². The summed E-state index contributed by atoms with van der Waals surface area (Å²) >= 11 is 18.0. The maximum Gasteiger partial charge on any atom is 0.0847 e. The highest BCUT2D eigenvalue weighted by atomic mass is 35.5. The predicted molar refractivity (Wildman–Crippen MR) is 79.9 cm³/mol. The summed E-state index contributed by atoms with van der Waals surface area (Å²) in [6.45, 7) is 3.99. The first-order chi connectivity index (χ1) is 8.89. The molecule has 1 atom stereocenters. The van der Waals surface area contributed by atoms with Crippen LogP contribution in [0.3, 0.4) is 0 Å². The molecule has 5 heteroatoms. The van der Waals surface area contributed by atoms with Gasteiger partial charge in [-0.3, -0.25) is 0 Å². The van der Waals surface area contributed by atoms with Gasteiger partial charge >= 0.3 is 0 Å². The number of aliphatic hydroxyl groups is 1. The third-order valence-corrected chi connectivity index (χ3v) is 4.61.